The fourth-order valence-corrected chi connectivity index (χ4v) is 0.912. The van der Waals surface area contributed by atoms with Gasteiger partial charge in [-0.25, -0.2) is 0 Å². The molecule has 1 rings (SSSR count). The van der Waals surface area contributed by atoms with Crippen molar-refractivity contribution in [3.63, 3.8) is 0 Å². The van der Waals surface area contributed by atoms with E-state index >= 15 is 0 Å². The first-order valence-electron chi connectivity index (χ1n) is 3.83. The van der Waals surface area contributed by atoms with Crippen molar-refractivity contribution in [2.45, 2.75) is 6.42 Å². The molecule has 1 aromatic rings. The minimum atomic E-state index is 0.117. The van der Waals surface area contributed by atoms with Crippen LogP contribution in [0.1, 0.15) is 16.8 Å². The topological polar surface area (TPSA) is 26.3 Å². The van der Waals surface area contributed by atoms with Crippen LogP contribution in [0.4, 0.5) is 0 Å². The average Bonchev–Trinajstić information content (AvgIpc) is 2.15. The van der Waals surface area contributed by atoms with Gasteiger partial charge in [0.15, 0.2) is 5.78 Å². The highest BCUT2D eigenvalue weighted by molar-refractivity contribution is 5.95. The van der Waals surface area contributed by atoms with Crippen LogP contribution in [0.3, 0.4) is 0 Å². The third-order valence-electron chi connectivity index (χ3n) is 1.57. The molecule has 1 radical (unpaired) electrons. The van der Waals surface area contributed by atoms with Crippen molar-refractivity contribution in [2.24, 2.45) is 0 Å². The summed E-state index contributed by atoms with van der Waals surface area (Å²) in [7, 11) is 1.59. The summed E-state index contributed by atoms with van der Waals surface area (Å²) in [6.45, 7) is 0.484. The maximum Gasteiger partial charge on any atom is 0.165 e. The Balaban J connectivity index is 2.54. The number of hydrogen-bond donors (Lipinski definition) is 0. The molecule has 0 atom stereocenters. The van der Waals surface area contributed by atoms with Gasteiger partial charge in [-0.05, 0) is 6.07 Å². The van der Waals surface area contributed by atoms with Crippen LogP contribution in [-0.4, -0.2) is 19.5 Å². The van der Waals surface area contributed by atoms with Crippen LogP contribution in [0, 0.1) is 6.07 Å². The molecular weight excluding hydrogens is 152 g/mol. The number of carbonyl (C=O) groups excluding carboxylic acids is 1. The summed E-state index contributed by atoms with van der Waals surface area (Å²) < 4.78 is 4.81. The molecule has 2 nitrogen and oxygen atoms in total. The Morgan fingerprint density at radius 2 is 2.17 bits per heavy atom. The van der Waals surface area contributed by atoms with E-state index in [2.05, 4.69) is 6.07 Å². The largest absolute Gasteiger partial charge is 0.384 e. The molecule has 0 fully saturated rings. The second kappa shape index (κ2) is 4.67. The minimum absolute atomic E-state index is 0.117. The van der Waals surface area contributed by atoms with Gasteiger partial charge >= 0.3 is 0 Å². The quantitative estimate of drug-likeness (QED) is 0.631. The van der Waals surface area contributed by atoms with Crippen LogP contribution in [0.25, 0.3) is 0 Å². The molecule has 0 aliphatic heterocycles. The lowest BCUT2D eigenvalue weighted by atomic mass is 10.1. The van der Waals surface area contributed by atoms with E-state index in [-0.39, 0.29) is 5.78 Å². The zero-order valence-electron chi connectivity index (χ0n) is 7.04. The molecule has 0 bridgehead atoms. The van der Waals surface area contributed by atoms with Crippen LogP contribution in [0.5, 0.6) is 0 Å². The fraction of sp³-hybridized carbons (Fsp3) is 0.300. The molecule has 0 heterocycles. The molecule has 0 unspecified atom stereocenters. The second-order valence-corrected chi connectivity index (χ2v) is 2.45. The molecule has 0 aliphatic rings. The first kappa shape index (κ1) is 8.94. The molecule has 0 N–H and O–H groups in total. The van der Waals surface area contributed by atoms with E-state index in [0.29, 0.717) is 13.0 Å². The van der Waals surface area contributed by atoms with Crippen molar-refractivity contribution >= 4 is 5.78 Å². The van der Waals surface area contributed by atoms with E-state index in [1.165, 1.54) is 0 Å². The van der Waals surface area contributed by atoms with Gasteiger partial charge in [0, 0.05) is 19.1 Å². The number of carbonyl (C=O) groups is 1. The molecule has 63 valence electrons. The monoisotopic (exact) mass is 163 g/mol. The summed E-state index contributed by atoms with van der Waals surface area (Å²) in [5.41, 5.74) is 0.728. The molecule has 0 saturated carbocycles. The lowest BCUT2D eigenvalue weighted by Crippen LogP contribution is -2.02. The molecule has 0 saturated heterocycles. The smallest absolute Gasteiger partial charge is 0.165 e. The van der Waals surface area contributed by atoms with Crippen molar-refractivity contribution in [1.82, 2.24) is 0 Å². The predicted octanol–water partition coefficient (Wildman–Crippen LogP) is 1.71. The van der Waals surface area contributed by atoms with Gasteiger partial charge < -0.3 is 4.74 Å². The van der Waals surface area contributed by atoms with E-state index < -0.39 is 0 Å². The summed E-state index contributed by atoms with van der Waals surface area (Å²) >= 11 is 0. The van der Waals surface area contributed by atoms with E-state index in [1.54, 1.807) is 31.4 Å². The highest BCUT2D eigenvalue weighted by Crippen LogP contribution is 2.01. The van der Waals surface area contributed by atoms with Gasteiger partial charge in [-0.2, -0.15) is 0 Å². The Kier molecular flexibility index (Phi) is 3.48. The van der Waals surface area contributed by atoms with E-state index in [4.69, 9.17) is 4.74 Å². The van der Waals surface area contributed by atoms with Crippen LogP contribution >= 0.6 is 0 Å². The van der Waals surface area contributed by atoms with Gasteiger partial charge in [0.05, 0.1) is 6.61 Å². The Morgan fingerprint density at radius 1 is 1.50 bits per heavy atom. The van der Waals surface area contributed by atoms with Gasteiger partial charge in [-0.3, -0.25) is 4.79 Å². The molecule has 0 amide bonds. The zero-order valence-corrected chi connectivity index (χ0v) is 7.04. The van der Waals surface area contributed by atoms with Crippen molar-refractivity contribution < 1.29 is 9.53 Å². The standard InChI is InChI=1S/C10H11O2/c1-12-8-7-10(11)9-5-3-2-4-6-9/h3-6H,7-8H2,1H3. The molecule has 0 aliphatic carbocycles. The van der Waals surface area contributed by atoms with Crippen LogP contribution in [0.15, 0.2) is 24.3 Å². The molecule has 0 spiro atoms. The average molecular weight is 163 g/mol. The van der Waals surface area contributed by atoms with Crippen molar-refractivity contribution in [1.29, 1.82) is 0 Å². The Labute approximate surface area is 72.2 Å². The third kappa shape index (κ3) is 2.47. The minimum Gasteiger partial charge on any atom is -0.384 e. The first-order chi connectivity index (χ1) is 5.84. The van der Waals surface area contributed by atoms with Gasteiger partial charge in [-0.15, -0.1) is 0 Å². The zero-order chi connectivity index (χ0) is 8.81. The second-order valence-electron chi connectivity index (χ2n) is 2.45. The van der Waals surface area contributed by atoms with Gasteiger partial charge in [0.25, 0.3) is 0 Å². The molecular formula is C10H11O2. The number of ketones is 1. The highest BCUT2D eigenvalue weighted by Gasteiger charge is 2.02. The van der Waals surface area contributed by atoms with Crippen LogP contribution < -0.4 is 0 Å². The van der Waals surface area contributed by atoms with Crippen molar-refractivity contribution in [3.8, 4) is 0 Å². The van der Waals surface area contributed by atoms with Crippen LogP contribution in [-0.2, 0) is 4.74 Å². The SMILES string of the molecule is COCCC(=O)c1cc[c]cc1. The molecule has 1 aromatic carbocycles. The number of hydrogen-bond acceptors (Lipinski definition) is 2. The lowest BCUT2D eigenvalue weighted by Gasteiger charge is -1.98. The Morgan fingerprint density at radius 3 is 2.75 bits per heavy atom. The summed E-state index contributed by atoms with van der Waals surface area (Å²) in [6, 6.07) is 9.86. The maximum absolute atomic E-state index is 11.3. The predicted molar refractivity (Wildman–Crippen MR) is 46.1 cm³/mol. The van der Waals surface area contributed by atoms with E-state index in [1.807, 2.05) is 0 Å². The lowest BCUT2D eigenvalue weighted by molar-refractivity contribution is 0.0932. The van der Waals surface area contributed by atoms with Gasteiger partial charge in [0.2, 0.25) is 0 Å². The number of Topliss-reactive ketones (excluding diaryl/α,β-unsaturated/α-hetero) is 1. The summed E-state index contributed by atoms with van der Waals surface area (Å²) in [5, 5.41) is 0. The Bertz CT molecular complexity index is 241. The number of ether oxygens (including phenoxy) is 1. The first-order valence-corrected chi connectivity index (χ1v) is 3.83. The van der Waals surface area contributed by atoms with E-state index in [0.717, 1.165) is 5.56 Å². The van der Waals surface area contributed by atoms with Gasteiger partial charge in [0.1, 0.15) is 0 Å². The highest BCUT2D eigenvalue weighted by atomic mass is 16.5. The maximum atomic E-state index is 11.3. The van der Waals surface area contributed by atoms with Gasteiger partial charge in [-0.1, -0.05) is 24.3 Å². The van der Waals surface area contributed by atoms with Crippen molar-refractivity contribution in [3.05, 3.63) is 35.9 Å². The Hall–Kier alpha value is -1.15. The van der Waals surface area contributed by atoms with Crippen molar-refractivity contribution in [2.75, 3.05) is 13.7 Å². The third-order valence-corrected chi connectivity index (χ3v) is 1.57. The number of methoxy groups -OCH3 is 1. The normalized spacial score (nSPS) is 9.75. The van der Waals surface area contributed by atoms with Crippen LogP contribution in [0.2, 0.25) is 0 Å². The summed E-state index contributed by atoms with van der Waals surface area (Å²) in [4.78, 5) is 11.3. The fourth-order valence-electron chi connectivity index (χ4n) is 0.912. The molecule has 2 heteroatoms. The molecule has 12 heavy (non-hydrogen) atoms. The number of benzene rings is 1. The molecule has 0 aromatic heterocycles. The summed E-state index contributed by atoms with van der Waals surface area (Å²) in [6.07, 6.45) is 0.445. The van der Waals surface area contributed by atoms with E-state index in [9.17, 15) is 4.79 Å². The summed E-state index contributed by atoms with van der Waals surface area (Å²) in [5.74, 6) is 0.117. The number of rotatable bonds is 4.